The van der Waals surface area contributed by atoms with Crippen molar-refractivity contribution in [2.24, 2.45) is 5.92 Å². The van der Waals surface area contributed by atoms with E-state index >= 15 is 0 Å². The Morgan fingerprint density at radius 1 is 1.31 bits per heavy atom. The van der Waals surface area contributed by atoms with E-state index in [0.29, 0.717) is 12.6 Å². The zero-order chi connectivity index (χ0) is 9.90. The molecule has 0 radical (unpaired) electrons. The fraction of sp³-hybridized carbons (Fsp3) is 1.00. The molecule has 13 heavy (non-hydrogen) atoms. The van der Waals surface area contributed by atoms with Crippen LogP contribution in [0.4, 0.5) is 13.2 Å². The molecule has 0 aromatic heterocycles. The topological polar surface area (TPSA) is 12.0 Å². The van der Waals surface area contributed by atoms with Crippen LogP contribution in [-0.4, -0.2) is 18.8 Å². The fourth-order valence-corrected chi connectivity index (χ4v) is 1.66. The van der Waals surface area contributed by atoms with E-state index in [-0.39, 0.29) is 6.42 Å². The smallest absolute Gasteiger partial charge is 0.314 e. The molecule has 0 saturated heterocycles. The van der Waals surface area contributed by atoms with Crippen molar-refractivity contribution in [3.63, 3.8) is 0 Å². The second-order valence-electron chi connectivity index (χ2n) is 3.95. The maximum absolute atomic E-state index is 11.7. The summed E-state index contributed by atoms with van der Waals surface area (Å²) in [5, 5.41) is 3.12. The van der Waals surface area contributed by atoms with Gasteiger partial charge in [-0.15, -0.1) is 0 Å². The normalized spacial score (nSPS) is 28.6. The maximum atomic E-state index is 11.7. The first kappa shape index (κ1) is 10.8. The molecule has 0 aromatic rings. The van der Waals surface area contributed by atoms with Crippen LogP contribution in [0.5, 0.6) is 0 Å². The number of hydrogen-bond acceptors (Lipinski definition) is 1. The Labute approximate surface area is 76.7 Å². The van der Waals surface area contributed by atoms with Crippen molar-refractivity contribution in [3.05, 3.63) is 0 Å². The summed E-state index contributed by atoms with van der Waals surface area (Å²) >= 11 is 0. The van der Waals surface area contributed by atoms with E-state index in [0.717, 1.165) is 18.8 Å². The molecule has 1 aliphatic rings. The Hall–Kier alpha value is -0.250. The number of rotatable bonds is 4. The summed E-state index contributed by atoms with van der Waals surface area (Å²) in [5.74, 6) is 0.750. The van der Waals surface area contributed by atoms with E-state index in [9.17, 15) is 13.2 Å². The first-order valence-electron chi connectivity index (χ1n) is 4.77. The van der Waals surface area contributed by atoms with Gasteiger partial charge in [-0.25, -0.2) is 0 Å². The van der Waals surface area contributed by atoms with Crippen LogP contribution >= 0.6 is 0 Å². The van der Waals surface area contributed by atoms with Crippen molar-refractivity contribution < 1.29 is 13.2 Å². The highest BCUT2D eigenvalue weighted by molar-refractivity contribution is 4.81. The molecule has 0 atom stereocenters. The molecule has 4 heteroatoms. The van der Waals surface area contributed by atoms with Crippen LogP contribution in [0.15, 0.2) is 0 Å². The van der Waals surface area contributed by atoms with Crippen molar-refractivity contribution in [3.8, 4) is 0 Å². The molecule has 0 spiro atoms. The Kier molecular flexibility index (Phi) is 3.59. The van der Waals surface area contributed by atoms with Gasteiger partial charge < -0.3 is 5.32 Å². The van der Waals surface area contributed by atoms with Gasteiger partial charge >= 0.3 is 6.18 Å². The fourth-order valence-electron chi connectivity index (χ4n) is 1.66. The molecule has 1 aliphatic carbocycles. The van der Waals surface area contributed by atoms with Crippen LogP contribution in [0, 0.1) is 5.92 Å². The molecule has 0 bridgehead atoms. The predicted octanol–water partition coefficient (Wildman–Crippen LogP) is 2.72. The number of halogens is 3. The van der Waals surface area contributed by atoms with Crippen LogP contribution in [0.3, 0.4) is 0 Å². The van der Waals surface area contributed by atoms with Gasteiger partial charge in [0.1, 0.15) is 0 Å². The average molecular weight is 195 g/mol. The zero-order valence-electron chi connectivity index (χ0n) is 7.82. The molecular formula is C9H16F3N. The minimum absolute atomic E-state index is 0.203. The van der Waals surface area contributed by atoms with Crippen molar-refractivity contribution in [1.82, 2.24) is 5.32 Å². The summed E-state index contributed by atoms with van der Waals surface area (Å²) in [6, 6.07) is 0.475. The average Bonchev–Trinajstić information content (AvgIpc) is 1.91. The summed E-state index contributed by atoms with van der Waals surface area (Å²) in [5.41, 5.74) is 0. The lowest BCUT2D eigenvalue weighted by atomic mass is 9.82. The highest BCUT2D eigenvalue weighted by atomic mass is 19.4. The van der Waals surface area contributed by atoms with Gasteiger partial charge in [-0.1, -0.05) is 6.92 Å². The van der Waals surface area contributed by atoms with E-state index in [4.69, 9.17) is 0 Å². The van der Waals surface area contributed by atoms with E-state index < -0.39 is 12.6 Å². The molecule has 1 saturated carbocycles. The molecule has 1 nitrogen and oxygen atoms in total. The SMILES string of the molecule is CC1CC(NCCCC(F)(F)F)C1. The Morgan fingerprint density at radius 2 is 1.92 bits per heavy atom. The maximum Gasteiger partial charge on any atom is 0.389 e. The Bertz CT molecular complexity index is 149. The number of alkyl halides is 3. The first-order valence-corrected chi connectivity index (χ1v) is 4.77. The second kappa shape index (κ2) is 4.31. The molecule has 0 aromatic carbocycles. The Balaban J connectivity index is 1.90. The van der Waals surface area contributed by atoms with Crippen LogP contribution in [0.2, 0.25) is 0 Å². The van der Waals surface area contributed by atoms with E-state index in [1.54, 1.807) is 0 Å². The van der Waals surface area contributed by atoms with Gasteiger partial charge in [0.15, 0.2) is 0 Å². The Morgan fingerprint density at radius 3 is 2.38 bits per heavy atom. The van der Waals surface area contributed by atoms with Crippen LogP contribution in [0.1, 0.15) is 32.6 Å². The molecule has 0 amide bonds. The summed E-state index contributed by atoms with van der Waals surface area (Å²) in [7, 11) is 0. The molecule has 78 valence electrons. The van der Waals surface area contributed by atoms with Gasteiger partial charge in [0.2, 0.25) is 0 Å². The minimum atomic E-state index is -3.99. The van der Waals surface area contributed by atoms with Gasteiger partial charge in [-0.2, -0.15) is 13.2 Å². The summed E-state index contributed by atoms with van der Waals surface area (Å²) in [6.45, 7) is 2.66. The lowest BCUT2D eigenvalue weighted by Gasteiger charge is -2.33. The van der Waals surface area contributed by atoms with Gasteiger partial charge in [0.05, 0.1) is 0 Å². The molecule has 0 heterocycles. The lowest BCUT2D eigenvalue weighted by molar-refractivity contribution is -0.135. The largest absolute Gasteiger partial charge is 0.389 e. The monoisotopic (exact) mass is 195 g/mol. The van der Waals surface area contributed by atoms with Crippen LogP contribution in [0.25, 0.3) is 0 Å². The molecule has 0 unspecified atom stereocenters. The highest BCUT2D eigenvalue weighted by Crippen LogP contribution is 2.26. The van der Waals surface area contributed by atoms with E-state index in [1.807, 2.05) is 0 Å². The summed E-state index contributed by atoms with van der Waals surface area (Å²) in [4.78, 5) is 0. The van der Waals surface area contributed by atoms with Crippen LogP contribution in [-0.2, 0) is 0 Å². The van der Waals surface area contributed by atoms with Crippen molar-refractivity contribution in [2.45, 2.75) is 44.8 Å². The van der Waals surface area contributed by atoms with Gasteiger partial charge in [-0.3, -0.25) is 0 Å². The first-order chi connectivity index (χ1) is 5.97. The van der Waals surface area contributed by atoms with Crippen LogP contribution < -0.4 is 5.32 Å². The van der Waals surface area contributed by atoms with E-state index in [1.165, 1.54) is 0 Å². The number of nitrogens with one attached hydrogen (secondary N) is 1. The van der Waals surface area contributed by atoms with E-state index in [2.05, 4.69) is 12.2 Å². The number of hydrogen-bond donors (Lipinski definition) is 1. The lowest BCUT2D eigenvalue weighted by Crippen LogP contribution is -2.40. The summed E-state index contributed by atoms with van der Waals surface area (Å²) < 4.78 is 35.1. The third-order valence-electron chi connectivity index (χ3n) is 2.44. The molecule has 0 aliphatic heterocycles. The minimum Gasteiger partial charge on any atom is -0.314 e. The third kappa shape index (κ3) is 4.50. The highest BCUT2D eigenvalue weighted by Gasteiger charge is 2.27. The van der Waals surface area contributed by atoms with Crippen molar-refractivity contribution >= 4 is 0 Å². The zero-order valence-corrected chi connectivity index (χ0v) is 7.82. The quantitative estimate of drug-likeness (QED) is 0.680. The molecular weight excluding hydrogens is 179 g/mol. The second-order valence-corrected chi connectivity index (χ2v) is 3.95. The summed E-state index contributed by atoms with van der Waals surface area (Å²) in [6.07, 6.45) is -2.22. The standard InChI is InChI=1S/C9H16F3N/c1-7-5-8(6-7)13-4-2-3-9(10,11)12/h7-8,13H,2-6H2,1H3. The third-order valence-corrected chi connectivity index (χ3v) is 2.44. The molecule has 1 N–H and O–H groups in total. The predicted molar refractivity (Wildman–Crippen MR) is 45.5 cm³/mol. The molecule has 1 fully saturated rings. The van der Waals surface area contributed by atoms with Crippen molar-refractivity contribution in [1.29, 1.82) is 0 Å². The van der Waals surface area contributed by atoms with Gasteiger partial charge in [-0.05, 0) is 31.7 Å². The van der Waals surface area contributed by atoms with Gasteiger partial charge in [0.25, 0.3) is 0 Å². The molecule has 1 rings (SSSR count). The van der Waals surface area contributed by atoms with Gasteiger partial charge in [0, 0.05) is 12.5 Å². The van der Waals surface area contributed by atoms with Crippen molar-refractivity contribution in [2.75, 3.05) is 6.54 Å².